The van der Waals surface area contributed by atoms with Crippen LogP contribution >= 0.6 is 0 Å². The van der Waals surface area contributed by atoms with E-state index in [-0.39, 0.29) is 18.8 Å². The van der Waals surface area contributed by atoms with Crippen LogP contribution in [0.5, 0.6) is 0 Å². The Balaban J connectivity index is 1.49. The third kappa shape index (κ3) is 5.53. The van der Waals surface area contributed by atoms with Gasteiger partial charge in [0.15, 0.2) is 0 Å². The van der Waals surface area contributed by atoms with Crippen LogP contribution in [0.2, 0.25) is 0 Å². The Hall–Kier alpha value is -3.65. The lowest BCUT2D eigenvalue weighted by Crippen LogP contribution is -2.36. The smallest absolute Gasteiger partial charge is 0.221 e. The average Bonchev–Trinajstić information content (AvgIpc) is 2.81. The molecule has 0 atom stereocenters. The van der Waals surface area contributed by atoms with Gasteiger partial charge in [-0.25, -0.2) is 9.37 Å². The van der Waals surface area contributed by atoms with Gasteiger partial charge >= 0.3 is 0 Å². The molecule has 8 heteroatoms. The lowest BCUT2D eigenvalue weighted by atomic mass is 10.1. The van der Waals surface area contributed by atoms with Gasteiger partial charge in [-0.2, -0.15) is 0 Å². The molecule has 0 unspecified atom stereocenters. The second kappa shape index (κ2) is 10.1. The molecule has 3 aromatic rings. The Morgan fingerprint density at radius 3 is 2.56 bits per heavy atom. The van der Waals surface area contributed by atoms with Gasteiger partial charge in [-0.05, 0) is 30.3 Å². The number of morpholine rings is 1. The highest BCUT2D eigenvalue weighted by Gasteiger charge is 2.12. The zero-order valence-electron chi connectivity index (χ0n) is 17.7. The maximum absolute atomic E-state index is 14.0. The van der Waals surface area contributed by atoms with E-state index in [4.69, 9.17) is 10.5 Å². The van der Waals surface area contributed by atoms with Gasteiger partial charge in [0.25, 0.3) is 0 Å². The van der Waals surface area contributed by atoms with Gasteiger partial charge in [0, 0.05) is 60.1 Å². The number of carbonyl (C=O) groups excluding carboxylic acids is 1. The maximum Gasteiger partial charge on any atom is 0.221 e. The minimum absolute atomic E-state index is 0.0428. The third-order valence-electron chi connectivity index (χ3n) is 5.29. The molecule has 4 rings (SSSR count). The van der Waals surface area contributed by atoms with Crippen molar-refractivity contribution in [3.63, 3.8) is 0 Å². The number of nitrogens with two attached hydrogens (primary N) is 1. The fraction of sp³-hybridized carbons (Fsp3) is 0.250. The molecule has 0 spiro atoms. The number of nitrogens with zero attached hydrogens (tertiary/aromatic N) is 2. The second-order valence-electron chi connectivity index (χ2n) is 7.59. The van der Waals surface area contributed by atoms with Crippen molar-refractivity contribution in [2.24, 2.45) is 5.73 Å². The molecule has 2 heterocycles. The Morgan fingerprint density at radius 1 is 1.09 bits per heavy atom. The monoisotopic (exact) mass is 435 g/mol. The van der Waals surface area contributed by atoms with Crippen LogP contribution in [-0.4, -0.2) is 37.2 Å². The number of halogens is 1. The zero-order valence-corrected chi connectivity index (χ0v) is 17.7. The molecule has 1 saturated heterocycles. The SMILES string of the molecule is NC(=O)Cc1cnc(Nc2ccc(N3CCOCC3)cc2)cc1NCc1ccccc1F. The van der Waals surface area contributed by atoms with Crippen LogP contribution in [0.15, 0.2) is 60.8 Å². The Kier molecular flexibility index (Phi) is 6.81. The molecule has 1 aliphatic heterocycles. The summed E-state index contributed by atoms with van der Waals surface area (Å²) in [5.74, 6) is -0.141. The first kappa shape index (κ1) is 21.6. The summed E-state index contributed by atoms with van der Waals surface area (Å²) < 4.78 is 19.4. The molecule has 166 valence electrons. The predicted molar refractivity (Wildman–Crippen MR) is 124 cm³/mol. The summed E-state index contributed by atoms with van der Waals surface area (Å²) >= 11 is 0. The van der Waals surface area contributed by atoms with E-state index in [1.54, 1.807) is 30.5 Å². The largest absolute Gasteiger partial charge is 0.380 e. The number of ether oxygens (including phenoxy) is 1. The lowest BCUT2D eigenvalue weighted by molar-refractivity contribution is -0.117. The van der Waals surface area contributed by atoms with Gasteiger partial charge in [-0.15, -0.1) is 0 Å². The highest BCUT2D eigenvalue weighted by molar-refractivity contribution is 5.79. The summed E-state index contributed by atoms with van der Waals surface area (Å²) in [4.78, 5) is 18.2. The first-order valence-corrected chi connectivity index (χ1v) is 10.5. The van der Waals surface area contributed by atoms with Gasteiger partial charge in [0.05, 0.1) is 19.6 Å². The van der Waals surface area contributed by atoms with Gasteiger partial charge in [0.2, 0.25) is 5.91 Å². The highest BCUT2D eigenvalue weighted by Crippen LogP contribution is 2.25. The lowest BCUT2D eigenvalue weighted by Gasteiger charge is -2.28. The molecule has 0 radical (unpaired) electrons. The molecule has 32 heavy (non-hydrogen) atoms. The molecule has 1 amide bonds. The number of rotatable bonds is 8. The minimum atomic E-state index is -0.458. The van der Waals surface area contributed by atoms with E-state index in [0.717, 1.165) is 37.7 Å². The van der Waals surface area contributed by atoms with Crippen molar-refractivity contribution in [2.75, 3.05) is 41.8 Å². The van der Waals surface area contributed by atoms with Crippen molar-refractivity contribution in [3.05, 3.63) is 77.7 Å². The van der Waals surface area contributed by atoms with E-state index in [1.807, 2.05) is 12.1 Å². The minimum Gasteiger partial charge on any atom is -0.380 e. The summed E-state index contributed by atoms with van der Waals surface area (Å²) in [6, 6.07) is 16.5. The normalized spacial score (nSPS) is 13.6. The van der Waals surface area contributed by atoms with Gasteiger partial charge < -0.3 is 26.0 Å². The number of benzene rings is 2. The number of carbonyl (C=O) groups is 1. The number of nitrogens with one attached hydrogen (secondary N) is 2. The number of primary amides is 1. The summed E-state index contributed by atoms with van der Waals surface area (Å²) in [6.07, 6.45) is 1.65. The molecule has 0 aliphatic carbocycles. The molecule has 1 aliphatic rings. The summed E-state index contributed by atoms with van der Waals surface area (Å²) in [6.45, 7) is 3.52. The number of pyridine rings is 1. The van der Waals surface area contributed by atoms with Gasteiger partial charge in [-0.3, -0.25) is 4.79 Å². The summed E-state index contributed by atoms with van der Waals surface area (Å²) in [5.41, 5.74) is 9.28. The molecular weight excluding hydrogens is 409 g/mol. The molecule has 4 N–H and O–H groups in total. The van der Waals surface area contributed by atoms with Crippen molar-refractivity contribution < 1.29 is 13.9 Å². The van der Waals surface area contributed by atoms with E-state index in [0.29, 0.717) is 22.6 Å². The number of aromatic nitrogens is 1. The molecule has 1 fully saturated rings. The summed E-state index contributed by atoms with van der Waals surface area (Å²) in [7, 11) is 0. The maximum atomic E-state index is 14.0. The predicted octanol–water partition coefficient (Wildman–Crippen LogP) is 3.44. The Morgan fingerprint density at radius 2 is 1.84 bits per heavy atom. The van der Waals surface area contributed by atoms with Crippen molar-refractivity contribution in [1.82, 2.24) is 4.98 Å². The van der Waals surface area contributed by atoms with Crippen LogP contribution in [-0.2, 0) is 22.5 Å². The molecule has 0 bridgehead atoms. The number of amides is 1. The van der Waals surface area contributed by atoms with Crippen molar-refractivity contribution in [2.45, 2.75) is 13.0 Å². The average molecular weight is 436 g/mol. The molecule has 7 nitrogen and oxygen atoms in total. The quantitative estimate of drug-likeness (QED) is 0.502. The number of hydrogen-bond acceptors (Lipinski definition) is 6. The molecule has 2 aromatic carbocycles. The van der Waals surface area contributed by atoms with Crippen molar-refractivity contribution >= 4 is 28.8 Å². The first-order chi connectivity index (χ1) is 15.6. The number of hydrogen-bond donors (Lipinski definition) is 3. The topological polar surface area (TPSA) is 92.5 Å². The van der Waals surface area contributed by atoms with E-state index < -0.39 is 5.91 Å². The molecular formula is C24H26FN5O2. The van der Waals surface area contributed by atoms with Crippen molar-refractivity contribution in [1.29, 1.82) is 0 Å². The van der Waals surface area contributed by atoms with Gasteiger partial charge in [0.1, 0.15) is 11.6 Å². The fourth-order valence-electron chi connectivity index (χ4n) is 3.60. The van der Waals surface area contributed by atoms with E-state index >= 15 is 0 Å². The van der Waals surface area contributed by atoms with Crippen LogP contribution in [0.4, 0.5) is 27.3 Å². The standard InChI is InChI=1S/C24H26FN5O2/c25-21-4-2-1-3-17(21)15-27-22-14-24(28-16-18(22)13-23(26)31)29-19-5-7-20(8-6-19)30-9-11-32-12-10-30/h1-8,14,16H,9-13,15H2,(H2,26,31)(H2,27,28,29). The second-order valence-corrected chi connectivity index (χ2v) is 7.59. The van der Waals surface area contributed by atoms with Gasteiger partial charge in [-0.1, -0.05) is 18.2 Å². The number of anilines is 4. The first-order valence-electron chi connectivity index (χ1n) is 10.5. The summed E-state index contributed by atoms with van der Waals surface area (Å²) in [5, 5.41) is 6.49. The van der Waals surface area contributed by atoms with Crippen LogP contribution in [0, 0.1) is 5.82 Å². The molecule has 0 saturated carbocycles. The van der Waals surface area contributed by atoms with E-state index in [1.165, 1.54) is 6.07 Å². The Bertz CT molecular complexity index is 1070. The fourth-order valence-corrected chi connectivity index (χ4v) is 3.60. The highest BCUT2D eigenvalue weighted by atomic mass is 19.1. The Labute approximate surface area is 186 Å². The zero-order chi connectivity index (χ0) is 22.3. The van der Waals surface area contributed by atoms with Crippen LogP contribution in [0.25, 0.3) is 0 Å². The third-order valence-corrected chi connectivity index (χ3v) is 5.29. The van der Waals surface area contributed by atoms with Crippen molar-refractivity contribution in [3.8, 4) is 0 Å². The van der Waals surface area contributed by atoms with E-state index in [2.05, 4.69) is 32.7 Å². The molecule has 1 aromatic heterocycles. The van der Waals surface area contributed by atoms with Crippen LogP contribution in [0.1, 0.15) is 11.1 Å². The van der Waals surface area contributed by atoms with E-state index in [9.17, 15) is 9.18 Å². The van der Waals surface area contributed by atoms with Crippen LogP contribution in [0.3, 0.4) is 0 Å². The van der Waals surface area contributed by atoms with Crippen LogP contribution < -0.4 is 21.3 Å².